The number of likely N-dealkylation sites (N-methyl/N-ethyl adjacent to an activating group) is 1. The zero-order valence-corrected chi connectivity index (χ0v) is 38.0. The van der Waals surface area contributed by atoms with E-state index in [1.165, 1.54) is 6.08 Å². The maximum atomic E-state index is 13.5. The first-order valence-corrected chi connectivity index (χ1v) is 23.1. The Labute approximate surface area is 388 Å². The van der Waals surface area contributed by atoms with Gasteiger partial charge in [0, 0.05) is 106 Å². The molecule has 5 saturated heterocycles. The lowest BCUT2D eigenvalue weighted by atomic mass is 9.85. The van der Waals surface area contributed by atoms with E-state index >= 15 is 0 Å². The average Bonchev–Trinajstić information content (AvgIpc) is 3.79. The van der Waals surface area contributed by atoms with Crippen LogP contribution < -0.4 is 30.5 Å². The van der Waals surface area contributed by atoms with Crippen molar-refractivity contribution in [2.75, 3.05) is 80.4 Å². The molecule has 3 unspecified atom stereocenters. The molecule has 3 atom stereocenters. The van der Waals surface area contributed by atoms with E-state index in [1.807, 2.05) is 56.6 Å². The van der Waals surface area contributed by atoms with E-state index < -0.39 is 23.8 Å². The molecule has 5 amide bonds. The van der Waals surface area contributed by atoms with Crippen molar-refractivity contribution < 1.29 is 28.7 Å². The number of nitrogens with one attached hydrogen (secondary N) is 3. The van der Waals surface area contributed by atoms with Crippen molar-refractivity contribution in [3.8, 4) is 17.0 Å². The van der Waals surface area contributed by atoms with Crippen LogP contribution in [-0.4, -0.2) is 137 Å². The standard InChI is InChI=1S/C50H55N11O6/c1-5-45(62)52-39-24-40(54-50-51-17-14-38(53-50)37-29-57(3)41-9-7-6-8-34(37)41)44(67-4)25-43(39)56(2)20-21-58-18-15-30(16-19-58)26-59-27-32-22-33(28-59)60(32)31-10-11-35-36(23-31)49(66)61(48(35)65)42-12-13-46(63)55-47(42)64/h5-11,14,17,23-25,29-30,32-33,42H,1,12-13,15-16,18-22,26-28H2,2-4H3,(H,52,62)(H,51,53,54)(H,55,63,64). The lowest BCUT2D eigenvalue weighted by Gasteiger charge is -2.58. The highest BCUT2D eigenvalue weighted by atomic mass is 16.5. The van der Waals surface area contributed by atoms with E-state index in [-0.39, 0.29) is 24.7 Å². The van der Waals surface area contributed by atoms with E-state index in [0.717, 1.165) is 104 Å². The summed E-state index contributed by atoms with van der Waals surface area (Å²) in [5.41, 5.74) is 6.47. The molecule has 2 aromatic heterocycles. The van der Waals surface area contributed by atoms with Gasteiger partial charge in [-0.05, 0) is 87.2 Å². The Morgan fingerprint density at radius 1 is 0.940 bits per heavy atom. The highest BCUT2D eigenvalue weighted by molar-refractivity contribution is 6.23. The van der Waals surface area contributed by atoms with Crippen molar-refractivity contribution in [1.82, 2.24) is 34.6 Å². The second-order valence-electron chi connectivity index (χ2n) is 18.4. The van der Waals surface area contributed by atoms with E-state index in [4.69, 9.17) is 9.72 Å². The third kappa shape index (κ3) is 8.37. The summed E-state index contributed by atoms with van der Waals surface area (Å²) in [7, 11) is 5.66. The Morgan fingerprint density at radius 2 is 1.72 bits per heavy atom. The normalized spacial score (nSPS) is 21.0. The second-order valence-corrected chi connectivity index (χ2v) is 18.4. The summed E-state index contributed by atoms with van der Waals surface area (Å²) < 4.78 is 7.97. The molecule has 0 aliphatic carbocycles. The first-order valence-electron chi connectivity index (χ1n) is 23.1. The fourth-order valence-corrected chi connectivity index (χ4v) is 10.7. The molecule has 11 rings (SSSR count). The van der Waals surface area contributed by atoms with Crippen LogP contribution in [-0.2, 0) is 21.4 Å². The summed E-state index contributed by atoms with van der Waals surface area (Å²) in [4.78, 5) is 83.7. The highest BCUT2D eigenvalue weighted by Gasteiger charge is 2.48. The Balaban J connectivity index is 0.731. The van der Waals surface area contributed by atoms with Gasteiger partial charge in [-0.25, -0.2) is 9.97 Å². The molecule has 6 aliphatic rings. The molecule has 2 bridgehead atoms. The number of ether oxygens (including phenoxy) is 1. The molecular formula is C50H55N11O6. The number of benzene rings is 3. The maximum absolute atomic E-state index is 13.5. The topological polar surface area (TPSA) is 178 Å². The minimum absolute atomic E-state index is 0.0914. The number of carbonyl (C=O) groups is 5. The quantitative estimate of drug-likeness (QED) is 0.100. The number of methoxy groups -OCH3 is 1. The maximum Gasteiger partial charge on any atom is 0.262 e. The van der Waals surface area contributed by atoms with E-state index in [1.54, 1.807) is 19.4 Å². The monoisotopic (exact) mass is 905 g/mol. The summed E-state index contributed by atoms with van der Waals surface area (Å²) in [5.74, 6) is -0.700. The first-order chi connectivity index (χ1) is 32.5. The first kappa shape index (κ1) is 43.8. The number of piperazine rings is 1. The van der Waals surface area contributed by atoms with Gasteiger partial charge in [0.15, 0.2) is 0 Å². The molecule has 3 aromatic carbocycles. The largest absolute Gasteiger partial charge is 0.494 e. The van der Waals surface area contributed by atoms with Gasteiger partial charge in [-0.1, -0.05) is 24.8 Å². The number of para-hydroxylation sites is 1. The fourth-order valence-electron chi connectivity index (χ4n) is 10.7. The van der Waals surface area contributed by atoms with Crippen LogP contribution >= 0.6 is 0 Å². The second kappa shape index (κ2) is 17.9. The van der Waals surface area contributed by atoms with Crippen LogP contribution in [0.4, 0.5) is 28.7 Å². The molecule has 0 saturated carbocycles. The summed E-state index contributed by atoms with van der Waals surface area (Å²) in [6.45, 7) is 10.2. The number of rotatable bonds is 14. The Bertz CT molecular complexity index is 2810. The van der Waals surface area contributed by atoms with Crippen LogP contribution in [0, 0.1) is 5.92 Å². The molecule has 3 N–H and O–H groups in total. The number of anilines is 5. The van der Waals surface area contributed by atoms with Crippen LogP contribution in [0.2, 0.25) is 0 Å². The Morgan fingerprint density at radius 3 is 2.48 bits per heavy atom. The minimum atomic E-state index is -0.976. The van der Waals surface area contributed by atoms with Gasteiger partial charge < -0.3 is 34.6 Å². The molecule has 5 aromatic rings. The van der Waals surface area contributed by atoms with Gasteiger partial charge >= 0.3 is 0 Å². The van der Waals surface area contributed by atoms with Gasteiger partial charge in [0.05, 0.1) is 41.0 Å². The lowest BCUT2D eigenvalue weighted by Crippen LogP contribution is -2.69. The number of carbonyl (C=O) groups excluding carboxylic acids is 5. The number of imide groups is 2. The number of nitrogens with zero attached hydrogens (tertiary/aromatic N) is 8. The van der Waals surface area contributed by atoms with Crippen LogP contribution in [0.1, 0.15) is 52.8 Å². The van der Waals surface area contributed by atoms with E-state index in [0.29, 0.717) is 52.2 Å². The molecule has 0 radical (unpaired) electrons. The van der Waals surface area contributed by atoms with Gasteiger partial charge in [-0.15, -0.1) is 0 Å². The van der Waals surface area contributed by atoms with Crippen molar-refractivity contribution in [3.63, 3.8) is 0 Å². The predicted octanol–water partition coefficient (Wildman–Crippen LogP) is 5.02. The molecule has 67 heavy (non-hydrogen) atoms. The number of aromatic nitrogens is 3. The number of hydrogen-bond donors (Lipinski definition) is 3. The van der Waals surface area contributed by atoms with E-state index in [2.05, 4.69) is 70.0 Å². The number of amides is 5. The minimum Gasteiger partial charge on any atom is -0.494 e. The van der Waals surface area contributed by atoms with Crippen LogP contribution in [0.15, 0.2) is 85.7 Å². The fraction of sp³-hybridized carbons (Fsp3) is 0.380. The summed E-state index contributed by atoms with van der Waals surface area (Å²) >= 11 is 0. The van der Waals surface area contributed by atoms with Crippen LogP contribution in [0.5, 0.6) is 5.75 Å². The smallest absolute Gasteiger partial charge is 0.262 e. The predicted molar refractivity (Wildman–Crippen MR) is 256 cm³/mol. The van der Waals surface area contributed by atoms with Crippen molar-refractivity contribution in [3.05, 3.63) is 96.8 Å². The van der Waals surface area contributed by atoms with Crippen molar-refractivity contribution in [2.24, 2.45) is 13.0 Å². The number of aryl methyl sites for hydroxylation is 1. The Kier molecular flexibility index (Phi) is 11.7. The molecule has 5 fully saturated rings. The van der Waals surface area contributed by atoms with Gasteiger partial charge in [-0.3, -0.25) is 39.1 Å². The summed E-state index contributed by atoms with van der Waals surface area (Å²) in [5, 5.41) is 9.70. The number of likely N-dealkylation sites (tertiary alicyclic amines) is 1. The molecule has 346 valence electrons. The van der Waals surface area contributed by atoms with Gasteiger partial charge in [0.1, 0.15) is 11.8 Å². The highest BCUT2D eigenvalue weighted by Crippen LogP contribution is 2.41. The van der Waals surface area contributed by atoms with Crippen molar-refractivity contribution in [2.45, 2.75) is 50.2 Å². The van der Waals surface area contributed by atoms with Crippen LogP contribution in [0.3, 0.4) is 0 Å². The zero-order chi connectivity index (χ0) is 46.5. The van der Waals surface area contributed by atoms with Crippen LogP contribution in [0.25, 0.3) is 22.2 Å². The number of fused-ring (bicyclic) bond motifs is 4. The third-order valence-electron chi connectivity index (χ3n) is 14.2. The van der Waals surface area contributed by atoms with Gasteiger partial charge in [-0.2, -0.15) is 0 Å². The van der Waals surface area contributed by atoms with Gasteiger partial charge in [0.25, 0.3) is 11.8 Å². The van der Waals surface area contributed by atoms with Crippen molar-refractivity contribution in [1.29, 1.82) is 0 Å². The molecule has 17 heteroatoms. The van der Waals surface area contributed by atoms with Gasteiger partial charge in [0.2, 0.25) is 23.7 Å². The lowest BCUT2D eigenvalue weighted by molar-refractivity contribution is -0.136. The Hall–Kier alpha value is -7.11. The number of hydrogen-bond acceptors (Lipinski definition) is 13. The number of piperidine rings is 3. The molecule has 8 heterocycles. The summed E-state index contributed by atoms with van der Waals surface area (Å²) in [6, 6.07) is 19.0. The molecule has 17 nitrogen and oxygen atoms in total. The average molecular weight is 906 g/mol. The van der Waals surface area contributed by atoms with E-state index in [9.17, 15) is 24.0 Å². The molecule has 0 spiro atoms. The third-order valence-corrected chi connectivity index (χ3v) is 14.2. The summed E-state index contributed by atoms with van der Waals surface area (Å²) in [6.07, 6.45) is 8.60. The molecule has 6 aliphatic heterocycles. The van der Waals surface area contributed by atoms with Crippen molar-refractivity contribution >= 4 is 69.1 Å². The molecular weight excluding hydrogens is 851 g/mol. The zero-order valence-electron chi connectivity index (χ0n) is 38.0. The SMILES string of the molecule is C=CC(=O)Nc1cc(Nc2nccc(-c3cn(C)c4ccccc34)n2)c(OC)cc1N(C)CCN1CCC(CN2CC3CC(C2)N3c2ccc3c(c2)C(=O)N(C2CCC(=O)NC2=O)C3=O)CC1.